The largest absolute Gasteiger partial charge is 0.242 e. The van der Waals surface area contributed by atoms with Crippen LogP contribution in [0.4, 0.5) is 0 Å². The van der Waals surface area contributed by atoms with Crippen molar-refractivity contribution in [3.8, 4) is 0 Å². The van der Waals surface area contributed by atoms with E-state index in [0.717, 1.165) is 6.42 Å². The molecule has 0 radical (unpaired) electrons. The van der Waals surface area contributed by atoms with Crippen molar-refractivity contribution in [3.63, 3.8) is 0 Å². The summed E-state index contributed by atoms with van der Waals surface area (Å²) < 4.78 is 0. The molecule has 1 heteroatoms. The Bertz CT molecular complexity index is 2950. The molecule has 3 aliphatic rings. The molecule has 2 atom stereocenters. The van der Waals surface area contributed by atoms with Crippen LogP contribution in [0.1, 0.15) is 118 Å². The van der Waals surface area contributed by atoms with Gasteiger partial charge in [0.05, 0.1) is 0 Å². The maximum Gasteiger partial charge on any atom is 0.242 e. The molecule has 1 heterocycles. The average molecular weight is 859 g/mol. The van der Waals surface area contributed by atoms with Crippen LogP contribution < -0.4 is 16.4 Å². The molecular formula is C65H67B. The summed E-state index contributed by atoms with van der Waals surface area (Å²) in [5.41, 5.74) is 29.4. The fourth-order valence-corrected chi connectivity index (χ4v) is 12.6. The number of hydrogen-bond donors (Lipinski definition) is 0. The smallest absolute Gasteiger partial charge is 0.0744 e. The third-order valence-electron chi connectivity index (χ3n) is 15.7. The first-order chi connectivity index (χ1) is 31.5. The minimum atomic E-state index is -0.233. The van der Waals surface area contributed by atoms with E-state index < -0.39 is 0 Å². The molecule has 1 fully saturated rings. The Balaban J connectivity index is 0.000000174. The van der Waals surface area contributed by atoms with E-state index in [1.165, 1.54) is 123 Å². The molecule has 7 aromatic rings. The predicted molar refractivity (Wildman–Crippen MR) is 287 cm³/mol. The van der Waals surface area contributed by atoms with Gasteiger partial charge in [0.25, 0.3) is 0 Å². The third-order valence-corrected chi connectivity index (χ3v) is 15.7. The number of allylic oxidation sites excluding steroid dienone is 5. The first-order valence-electron chi connectivity index (χ1n) is 24.2. The van der Waals surface area contributed by atoms with Gasteiger partial charge in [0.15, 0.2) is 0 Å². The van der Waals surface area contributed by atoms with Gasteiger partial charge >= 0.3 is 0 Å². The lowest BCUT2D eigenvalue weighted by Crippen LogP contribution is -2.58. The highest BCUT2D eigenvalue weighted by Crippen LogP contribution is 2.76. The molecule has 66 heavy (non-hydrogen) atoms. The Labute approximate surface area is 397 Å². The highest BCUT2D eigenvalue weighted by Gasteiger charge is 2.66. The molecule has 0 N–H and O–H groups in total. The number of fused-ring (bicyclic) bond motifs is 3. The summed E-state index contributed by atoms with van der Waals surface area (Å²) in [5.74, 6) is 0. The lowest BCUT2D eigenvalue weighted by atomic mass is 9.32. The number of benzene rings is 7. The van der Waals surface area contributed by atoms with Crippen LogP contribution in [0.5, 0.6) is 0 Å². The van der Waals surface area contributed by atoms with Gasteiger partial charge in [0, 0.05) is 16.2 Å². The monoisotopic (exact) mass is 859 g/mol. The Morgan fingerprint density at radius 3 is 1.50 bits per heavy atom. The normalized spacial score (nSPS) is 18.5. The van der Waals surface area contributed by atoms with Crippen LogP contribution in [-0.2, 0) is 11.8 Å². The van der Waals surface area contributed by atoms with Crippen LogP contribution in [0.3, 0.4) is 0 Å². The van der Waals surface area contributed by atoms with Crippen LogP contribution in [0.2, 0.25) is 0 Å². The molecule has 2 aliphatic carbocycles. The Morgan fingerprint density at radius 2 is 1.00 bits per heavy atom. The van der Waals surface area contributed by atoms with Gasteiger partial charge in [-0.15, -0.1) is 0 Å². The highest BCUT2D eigenvalue weighted by molar-refractivity contribution is 6.97. The number of hydrogen-bond acceptors (Lipinski definition) is 0. The zero-order valence-corrected chi connectivity index (χ0v) is 41.6. The van der Waals surface area contributed by atoms with Crippen molar-refractivity contribution in [2.24, 2.45) is 10.8 Å². The third kappa shape index (κ3) is 7.89. The number of rotatable bonds is 7. The van der Waals surface area contributed by atoms with Crippen molar-refractivity contribution in [3.05, 3.63) is 252 Å². The Kier molecular flexibility index (Phi) is 11.8. The van der Waals surface area contributed by atoms with E-state index in [0.29, 0.717) is 0 Å². The van der Waals surface area contributed by atoms with E-state index in [9.17, 15) is 0 Å². The van der Waals surface area contributed by atoms with Gasteiger partial charge in [-0.25, -0.2) is 0 Å². The second-order valence-corrected chi connectivity index (χ2v) is 20.8. The molecule has 2 unspecified atom stereocenters. The topological polar surface area (TPSA) is 0 Å². The van der Waals surface area contributed by atoms with E-state index in [4.69, 9.17) is 0 Å². The minimum Gasteiger partial charge on any atom is -0.0744 e. The standard InChI is InChI=1S/C37H35B.C28H32/c1-25-20-27(3)35-29(22-25)24-30-23-26(2)21-28(4)36(30)38(35)34-18-16-33(17-19-34)37(5,31-12-8-6-9-13-31)32-14-10-7-11-15-32;1-18-8-10-24(11-9-18)26(15-25-21(4)12-19(2)13-22(25)5)28-17-27(28,7)16-20(3)14-23(28)6/h6-23H,24H2,1-5H3;8-16H,17H2,1-7H3/b;26-15+. The molecule has 0 saturated heterocycles. The maximum atomic E-state index is 2.50. The van der Waals surface area contributed by atoms with E-state index in [1.807, 2.05) is 0 Å². The van der Waals surface area contributed by atoms with Gasteiger partial charge in [-0.05, 0) is 151 Å². The molecule has 10 rings (SSSR count). The first-order valence-corrected chi connectivity index (χ1v) is 24.2. The van der Waals surface area contributed by atoms with E-state index in [-0.39, 0.29) is 23.0 Å². The van der Waals surface area contributed by atoms with Crippen molar-refractivity contribution in [2.45, 2.75) is 101 Å². The van der Waals surface area contributed by atoms with Crippen LogP contribution >= 0.6 is 0 Å². The summed E-state index contributed by atoms with van der Waals surface area (Å²) in [7, 11) is 0. The molecule has 0 amide bonds. The second kappa shape index (κ2) is 17.2. The number of aryl methyl sites for hydroxylation is 8. The minimum absolute atomic E-state index is 0.117. The quantitative estimate of drug-likeness (QED) is 0.0851. The SMILES string of the molecule is CC1=CC2(C)CC2(/C(=C/c2c(C)cc(C)cc2C)c2ccc(C)cc2)C(C)=C1.Cc1cc(C)c2c(c1)Cc1cc(C)cc(C)c1B2c1ccc(C(C)(c2ccccc2)c2ccccc2)cc1. The molecule has 1 saturated carbocycles. The van der Waals surface area contributed by atoms with Gasteiger partial charge < -0.3 is 0 Å². The second-order valence-electron chi connectivity index (χ2n) is 20.8. The summed E-state index contributed by atoms with van der Waals surface area (Å²) in [6.45, 7) is 27.5. The zero-order chi connectivity index (χ0) is 46.7. The summed E-state index contributed by atoms with van der Waals surface area (Å²) in [6, 6.07) is 54.6. The summed E-state index contributed by atoms with van der Waals surface area (Å²) in [5, 5.41) is 0. The fourth-order valence-electron chi connectivity index (χ4n) is 12.6. The maximum absolute atomic E-state index is 2.50. The predicted octanol–water partition coefficient (Wildman–Crippen LogP) is 14.5. The molecule has 1 aliphatic heterocycles. The van der Waals surface area contributed by atoms with Crippen molar-refractivity contribution >= 4 is 34.8 Å². The molecule has 0 aromatic heterocycles. The van der Waals surface area contributed by atoms with Crippen LogP contribution in [-0.4, -0.2) is 6.71 Å². The van der Waals surface area contributed by atoms with Gasteiger partial charge in [-0.2, -0.15) is 0 Å². The average Bonchev–Trinajstić information content (AvgIpc) is 3.92. The molecule has 0 spiro atoms. The Hall–Kier alpha value is -6.18. The zero-order valence-electron chi connectivity index (χ0n) is 41.6. The summed E-state index contributed by atoms with van der Waals surface area (Å²) in [4.78, 5) is 0. The van der Waals surface area contributed by atoms with Crippen LogP contribution in [0.15, 0.2) is 169 Å². The summed E-state index contributed by atoms with van der Waals surface area (Å²) in [6.07, 6.45) is 9.60. The Morgan fingerprint density at radius 1 is 0.530 bits per heavy atom. The first kappa shape index (κ1) is 45.0. The summed E-state index contributed by atoms with van der Waals surface area (Å²) >= 11 is 0. The molecule has 7 aromatic carbocycles. The van der Waals surface area contributed by atoms with Crippen molar-refractivity contribution in [2.75, 3.05) is 0 Å². The van der Waals surface area contributed by atoms with Crippen LogP contribution in [0, 0.1) is 66.2 Å². The van der Waals surface area contributed by atoms with E-state index in [2.05, 4.69) is 247 Å². The molecule has 0 bridgehead atoms. The van der Waals surface area contributed by atoms with E-state index in [1.54, 1.807) is 0 Å². The lowest BCUT2D eigenvalue weighted by Gasteiger charge is -2.33. The van der Waals surface area contributed by atoms with Gasteiger partial charge in [-0.1, -0.05) is 226 Å². The lowest BCUT2D eigenvalue weighted by molar-refractivity contribution is 0.585. The van der Waals surface area contributed by atoms with Crippen molar-refractivity contribution < 1.29 is 0 Å². The fraction of sp³-hybridized carbons (Fsp3) is 0.262. The van der Waals surface area contributed by atoms with E-state index >= 15 is 0 Å². The van der Waals surface area contributed by atoms with Crippen molar-refractivity contribution in [1.29, 1.82) is 0 Å². The highest BCUT2D eigenvalue weighted by atomic mass is 14.7. The molecular weight excluding hydrogens is 792 g/mol. The van der Waals surface area contributed by atoms with Gasteiger partial charge in [0.2, 0.25) is 6.71 Å². The van der Waals surface area contributed by atoms with Crippen LogP contribution in [0.25, 0.3) is 11.6 Å². The van der Waals surface area contributed by atoms with Crippen molar-refractivity contribution in [1.82, 2.24) is 0 Å². The molecule has 330 valence electrons. The van der Waals surface area contributed by atoms with Gasteiger partial charge in [0.1, 0.15) is 0 Å². The molecule has 0 nitrogen and oxygen atoms in total. The van der Waals surface area contributed by atoms with Gasteiger partial charge in [-0.3, -0.25) is 0 Å².